The number of hydrogen-bond acceptors (Lipinski definition) is 14. The van der Waals surface area contributed by atoms with Crippen molar-refractivity contribution in [2.24, 2.45) is 11.8 Å². The number of imide groups is 1. The number of carbonyl (C=O) groups excluding carboxylic acids is 5. The number of alkyl halides is 1. The molecule has 2 fully saturated rings. The molecule has 8 rings (SSSR count). The van der Waals surface area contributed by atoms with Crippen molar-refractivity contribution in [2.75, 3.05) is 87.1 Å². The minimum atomic E-state index is -0.504. The van der Waals surface area contributed by atoms with Gasteiger partial charge in [0, 0.05) is 109 Å². The van der Waals surface area contributed by atoms with Gasteiger partial charge in [0.05, 0.1) is 44.6 Å². The summed E-state index contributed by atoms with van der Waals surface area (Å²) < 4.78 is 24.2. The lowest BCUT2D eigenvalue weighted by Gasteiger charge is -2.36. The van der Waals surface area contributed by atoms with Crippen molar-refractivity contribution in [3.8, 4) is 17.1 Å². The second-order valence-corrected chi connectivity index (χ2v) is 22.1. The molecule has 5 aromatic rings. The number of ether oxygens (including phenoxy) is 4. The number of halogens is 1. The van der Waals surface area contributed by atoms with E-state index in [2.05, 4.69) is 71.6 Å². The predicted octanol–water partition coefficient (Wildman–Crippen LogP) is 9.21. The maximum Gasteiger partial charge on any atom is 0.251 e. The highest BCUT2D eigenvalue weighted by molar-refractivity contribution is 14.1. The van der Waals surface area contributed by atoms with Crippen LogP contribution in [0, 0.1) is 11.8 Å². The van der Waals surface area contributed by atoms with E-state index in [1.54, 1.807) is 12.4 Å². The Hall–Kier alpha value is -6.29. The Morgan fingerprint density at radius 1 is 0.800 bits per heavy atom. The van der Waals surface area contributed by atoms with E-state index in [-0.39, 0.29) is 41.9 Å². The average molecular weight is 1210 g/mol. The number of piperazine rings is 1. The Morgan fingerprint density at radius 3 is 2.29 bits per heavy atom. The van der Waals surface area contributed by atoms with E-state index >= 15 is 0 Å². The summed E-state index contributed by atoms with van der Waals surface area (Å²) in [5, 5.41) is 17.2. The number of unbranched alkanes of at least 4 members (excludes halogenated alkanes) is 4. The lowest BCUT2D eigenvalue weighted by Crippen LogP contribution is -2.48. The number of nitrogens with zero attached hydrogens (tertiary/aromatic N) is 5. The van der Waals surface area contributed by atoms with Crippen LogP contribution in [0.1, 0.15) is 135 Å². The highest BCUT2D eigenvalue weighted by atomic mass is 127. The number of nitrogens with one attached hydrogen (secondary N) is 4. The first-order chi connectivity index (χ1) is 39.0. The zero-order chi connectivity index (χ0) is 56.1. The van der Waals surface area contributed by atoms with Gasteiger partial charge >= 0.3 is 0 Å². The second kappa shape index (κ2) is 30.5. The van der Waals surface area contributed by atoms with Crippen molar-refractivity contribution < 1.29 is 42.9 Å². The molecule has 0 radical (unpaired) electrons. The van der Waals surface area contributed by atoms with Crippen molar-refractivity contribution >= 4 is 63.4 Å². The van der Waals surface area contributed by atoms with Gasteiger partial charge in [-0.1, -0.05) is 67.0 Å². The van der Waals surface area contributed by atoms with Gasteiger partial charge in [-0.25, -0.2) is 4.98 Å². The standard InChI is InChI=1S/C61H78IN9O9/c1-3-4-23-61(24-25-62,60-66-57(68-69-60)44-21-26-63-27-22-44)67-48-14-9-13-46(39-48)58(75)64-43(2)45-12-10-15-50(41-45)80-34-8-6-5-7-32-77-35-37-79-38-36-78-33-11-16-55(73)71-30-28-70(29-31-71)49-17-18-51-47(40-49)42-53(56(51)74)52-19-20-54(72)65-59(52)76/h9-10,12-15,17-18,21-22,26-27,39-41,43,52-53,67H,3-8,11,16,19-20,23-25,28-38,42H2,1-2H3,(H,64,75)(H,65,72,76)(H,66,68,69)/t43-,52?,53?,61?/m1/s1. The van der Waals surface area contributed by atoms with Crippen LogP contribution in [-0.4, -0.2) is 131 Å². The molecule has 0 spiro atoms. The predicted molar refractivity (Wildman–Crippen MR) is 315 cm³/mol. The summed E-state index contributed by atoms with van der Waals surface area (Å²) in [5.41, 5.74) is 5.38. The molecule has 4 amide bonds. The molecule has 1 aliphatic carbocycles. The van der Waals surface area contributed by atoms with Crippen LogP contribution in [-0.2, 0) is 40.6 Å². The quantitative estimate of drug-likeness (QED) is 0.0137. The number of amides is 4. The molecule has 4 N–H and O–H groups in total. The van der Waals surface area contributed by atoms with Crippen LogP contribution in [0.25, 0.3) is 11.4 Å². The van der Waals surface area contributed by atoms with E-state index in [9.17, 15) is 24.0 Å². The number of anilines is 2. The van der Waals surface area contributed by atoms with Gasteiger partial charge in [-0.2, -0.15) is 5.10 Å². The Morgan fingerprint density at radius 2 is 1.54 bits per heavy atom. The number of H-pyrrole nitrogens is 1. The molecule has 2 saturated heterocycles. The van der Waals surface area contributed by atoms with Crippen LogP contribution < -0.4 is 25.6 Å². The van der Waals surface area contributed by atoms with Crippen LogP contribution in [0.15, 0.2) is 91.3 Å². The monoisotopic (exact) mass is 1210 g/mol. The first-order valence-electron chi connectivity index (χ1n) is 28.6. The van der Waals surface area contributed by atoms with Gasteiger partial charge in [-0.3, -0.25) is 39.4 Å². The van der Waals surface area contributed by atoms with Crippen molar-refractivity contribution in [1.29, 1.82) is 0 Å². The largest absolute Gasteiger partial charge is 0.494 e. The fourth-order valence-corrected chi connectivity index (χ4v) is 11.7. The van der Waals surface area contributed by atoms with Gasteiger partial charge in [0.1, 0.15) is 5.75 Å². The van der Waals surface area contributed by atoms with Gasteiger partial charge < -0.3 is 39.4 Å². The Kier molecular flexibility index (Phi) is 22.8. The lowest BCUT2D eigenvalue weighted by molar-refractivity contribution is -0.137. The van der Waals surface area contributed by atoms with Crippen molar-refractivity contribution in [1.82, 2.24) is 35.7 Å². The highest BCUT2D eigenvalue weighted by Crippen LogP contribution is 2.38. The third-order valence-electron chi connectivity index (χ3n) is 15.3. The fourth-order valence-electron chi connectivity index (χ4n) is 10.8. The molecule has 428 valence electrons. The van der Waals surface area contributed by atoms with Crippen LogP contribution >= 0.6 is 22.6 Å². The molecule has 3 unspecified atom stereocenters. The molecule has 4 heterocycles. The maximum atomic E-state index is 13.7. The molecule has 0 bridgehead atoms. The van der Waals surface area contributed by atoms with Gasteiger partial charge in [0.2, 0.25) is 17.7 Å². The third-order valence-corrected chi connectivity index (χ3v) is 15.9. The molecule has 2 aromatic heterocycles. The van der Waals surface area contributed by atoms with E-state index < -0.39 is 17.4 Å². The number of aromatic amines is 1. The average Bonchev–Trinajstić information content (AvgIpc) is 4.14. The first kappa shape index (κ1) is 59.8. The van der Waals surface area contributed by atoms with Gasteiger partial charge in [0.15, 0.2) is 17.4 Å². The van der Waals surface area contributed by atoms with Crippen LogP contribution in [0.2, 0.25) is 0 Å². The van der Waals surface area contributed by atoms with Gasteiger partial charge in [-0.15, -0.1) is 0 Å². The molecular weight excluding hydrogens is 1130 g/mol. The topological polar surface area (TPSA) is 219 Å². The van der Waals surface area contributed by atoms with E-state index in [1.807, 2.05) is 84.6 Å². The number of piperidine rings is 1. The first-order valence-corrected chi connectivity index (χ1v) is 30.1. The number of carbonyl (C=O) groups is 5. The molecule has 0 saturated carbocycles. The van der Waals surface area contributed by atoms with Crippen LogP contribution in [0.4, 0.5) is 11.4 Å². The lowest BCUT2D eigenvalue weighted by atomic mass is 9.83. The summed E-state index contributed by atoms with van der Waals surface area (Å²) in [7, 11) is 0. The summed E-state index contributed by atoms with van der Waals surface area (Å²) in [6, 6.07) is 25.0. The fraction of sp³-hybridized carbons (Fsp3) is 0.508. The molecule has 19 heteroatoms. The number of aromatic nitrogens is 4. The Balaban J connectivity index is 0.631. The molecule has 3 aromatic carbocycles. The number of Topliss-reactive ketones (excluding diaryl/α,β-unsaturated/α-hetero) is 1. The summed E-state index contributed by atoms with van der Waals surface area (Å²) in [6.07, 6.45) is 13.4. The number of rotatable bonds is 32. The normalized spacial score (nSPS) is 17.4. The zero-order valence-corrected chi connectivity index (χ0v) is 48.5. The second-order valence-electron chi connectivity index (χ2n) is 21.0. The van der Waals surface area contributed by atoms with Gasteiger partial charge in [-0.05, 0) is 130 Å². The Bertz CT molecular complexity index is 2830. The minimum Gasteiger partial charge on any atom is -0.494 e. The summed E-state index contributed by atoms with van der Waals surface area (Å²) in [4.78, 5) is 77.1. The molecular formula is C61H78IN9O9. The highest BCUT2D eigenvalue weighted by Gasteiger charge is 2.42. The molecule has 2 aliphatic heterocycles. The Labute approximate surface area is 483 Å². The minimum absolute atomic E-state index is 0.0171. The van der Waals surface area contributed by atoms with E-state index in [0.29, 0.717) is 115 Å². The molecule has 80 heavy (non-hydrogen) atoms. The van der Waals surface area contributed by atoms with Crippen molar-refractivity contribution in [3.05, 3.63) is 119 Å². The number of pyridine rings is 1. The van der Waals surface area contributed by atoms with Crippen LogP contribution in [0.3, 0.4) is 0 Å². The summed E-state index contributed by atoms with van der Waals surface area (Å²) >= 11 is 2.41. The number of hydrogen-bond donors (Lipinski definition) is 4. The van der Waals surface area contributed by atoms with Crippen LogP contribution in [0.5, 0.6) is 5.75 Å². The molecule has 4 atom stereocenters. The van der Waals surface area contributed by atoms with E-state index in [1.165, 1.54) is 0 Å². The smallest absolute Gasteiger partial charge is 0.251 e. The SMILES string of the molecule is CCCCC(CCI)(Nc1cccc(C(=O)N[C@H](C)c2cccc(OCCCCCCOCCOCCOCCCC(=O)N3CCN(c4ccc5c(c4)CC(C4CCC(=O)NC4=O)C5=O)CC3)c2)c1)c1nc(-c2ccncc2)n[nH]1. The number of benzene rings is 3. The zero-order valence-electron chi connectivity index (χ0n) is 46.4. The van der Waals surface area contributed by atoms with Crippen molar-refractivity contribution in [3.63, 3.8) is 0 Å². The molecule has 3 aliphatic rings. The molecule has 18 nitrogen and oxygen atoms in total. The summed E-state index contributed by atoms with van der Waals surface area (Å²) in [5.74, 6) is 0.606. The van der Waals surface area contributed by atoms with Crippen molar-refractivity contribution in [2.45, 2.75) is 109 Å². The van der Waals surface area contributed by atoms with E-state index in [4.69, 9.17) is 23.9 Å². The summed E-state index contributed by atoms with van der Waals surface area (Å²) in [6.45, 7) is 10.6. The van der Waals surface area contributed by atoms with Gasteiger partial charge in [0.25, 0.3) is 5.91 Å². The third kappa shape index (κ3) is 16.7. The maximum absolute atomic E-state index is 13.7. The number of fused-ring (bicyclic) bond motifs is 1. The number of ketones is 1. The van der Waals surface area contributed by atoms with E-state index in [0.717, 1.165) is 95.4 Å².